The molecule has 0 spiro atoms. The first-order valence-electron chi connectivity index (χ1n) is 7.70. The van der Waals surface area contributed by atoms with E-state index in [0.29, 0.717) is 10.0 Å². The van der Waals surface area contributed by atoms with E-state index in [1.807, 2.05) is 37.3 Å². The van der Waals surface area contributed by atoms with Crippen LogP contribution in [0.2, 0.25) is 0 Å². The van der Waals surface area contributed by atoms with Gasteiger partial charge in [-0.15, -0.1) is 0 Å². The number of nitrogens with zero attached hydrogens (tertiary/aromatic N) is 2. The van der Waals surface area contributed by atoms with Crippen molar-refractivity contribution in [2.24, 2.45) is 0 Å². The molecule has 0 bridgehead atoms. The lowest BCUT2D eigenvalue weighted by atomic mass is 10.1. The van der Waals surface area contributed by atoms with Gasteiger partial charge in [-0.25, -0.2) is 12.7 Å². The molecule has 0 aliphatic rings. The van der Waals surface area contributed by atoms with E-state index in [2.05, 4.69) is 15.9 Å². The zero-order valence-corrected chi connectivity index (χ0v) is 17.0. The summed E-state index contributed by atoms with van der Waals surface area (Å²) >= 11 is 3.26. The number of benzene rings is 2. The van der Waals surface area contributed by atoms with Crippen molar-refractivity contribution in [2.45, 2.75) is 17.9 Å². The molecule has 2 rings (SSSR count). The average Bonchev–Trinajstić information content (AvgIpc) is 2.60. The Balaban J connectivity index is 2.37. The lowest BCUT2D eigenvalue weighted by Crippen LogP contribution is -2.30. The van der Waals surface area contributed by atoms with Gasteiger partial charge in [0.2, 0.25) is 10.0 Å². The standard InChI is InChI=1S/C18H21BrN2O3S/c1-13(14-8-6-5-7-9-14)21(4)18(22)15-10-11-16(19)17(12-15)25(23,24)20(2)3/h5-13H,1-4H3/t13-/m1/s1. The Kier molecular flexibility index (Phi) is 6.03. The number of hydrogen-bond donors (Lipinski definition) is 0. The van der Waals surface area contributed by atoms with Crippen LogP contribution in [-0.2, 0) is 10.0 Å². The smallest absolute Gasteiger partial charge is 0.254 e. The average molecular weight is 425 g/mol. The summed E-state index contributed by atoms with van der Waals surface area (Å²) in [4.78, 5) is 14.5. The van der Waals surface area contributed by atoms with Crippen molar-refractivity contribution in [2.75, 3.05) is 21.1 Å². The lowest BCUT2D eigenvalue weighted by Gasteiger charge is -2.26. The molecule has 0 saturated carbocycles. The maximum absolute atomic E-state index is 12.8. The molecule has 0 aliphatic heterocycles. The van der Waals surface area contributed by atoms with Crippen LogP contribution in [0.1, 0.15) is 28.9 Å². The van der Waals surface area contributed by atoms with E-state index in [1.54, 1.807) is 24.1 Å². The van der Waals surface area contributed by atoms with E-state index >= 15 is 0 Å². The van der Waals surface area contributed by atoms with Gasteiger partial charge < -0.3 is 4.90 Å². The number of carbonyl (C=O) groups is 1. The van der Waals surface area contributed by atoms with Gasteiger partial charge in [0.25, 0.3) is 5.91 Å². The van der Waals surface area contributed by atoms with Crippen LogP contribution in [0.5, 0.6) is 0 Å². The molecule has 0 N–H and O–H groups in total. The van der Waals surface area contributed by atoms with Crippen molar-refractivity contribution in [1.82, 2.24) is 9.21 Å². The zero-order valence-electron chi connectivity index (χ0n) is 14.6. The van der Waals surface area contributed by atoms with E-state index in [9.17, 15) is 13.2 Å². The van der Waals surface area contributed by atoms with Gasteiger partial charge >= 0.3 is 0 Å². The number of hydrogen-bond acceptors (Lipinski definition) is 3. The molecule has 0 radical (unpaired) electrons. The van der Waals surface area contributed by atoms with Gasteiger partial charge in [0.15, 0.2) is 0 Å². The van der Waals surface area contributed by atoms with Crippen LogP contribution in [0.3, 0.4) is 0 Å². The molecule has 5 nitrogen and oxygen atoms in total. The van der Waals surface area contributed by atoms with E-state index in [0.717, 1.165) is 9.87 Å². The van der Waals surface area contributed by atoms with Crippen molar-refractivity contribution in [3.63, 3.8) is 0 Å². The molecule has 0 saturated heterocycles. The molecule has 134 valence electrons. The zero-order chi connectivity index (χ0) is 18.8. The highest BCUT2D eigenvalue weighted by Crippen LogP contribution is 2.27. The molecular formula is C18H21BrN2O3S. The first-order chi connectivity index (χ1) is 11.7. The third-order valence-corrected chi connectivity index (χ3v) is 6.93. The molecule has 25 heavy (non-hydrogen) atoms. The maximum atomic E-state index is 12.8. The molecule has 2 aromatic carbocycles. The van der Waals surface area contributed by atoms with Gasteiger partial charge in [-0.2, -0.15) is 0 Å². The van der Waals surface area contributed by atoms with E-state index in [1.165, 1.54) is 20.2 Å². The third kappa shape index (κ3) is 4.11. The number of amides is 1. The van der Waals surface area contributed by atoms with Crippen LogP contribution < -0.4 is 0 Å². The second-order valence-corrected chi connectivity index (χ2v) is 8.91. The summed E-state index contributed by atoms with van der Waals surface area (Å²) in [5.41, 5.74) is 1.34. The van der Waals surface area contributed by atoms with E-state index < -0.39 is 10.0 Å². The predicted octanol–water partition coefficient (Wildman–Crippen LogP) is 3.53. The third-order valence-electron chi connectivity index (χ3n) is 4.12. The molecular weight excluding hydrogens is 404 g/mol. The fraction of sp³-hybridized carbons (Fsp3) is 0.278. The highest BCUT2D eigenvalue weighted by molar-refractivity contribution is 9.10. The van der Waals surface area contributed by atoms with Gasteiger partial charge in [-0.3, -0.25) is 4.79 Å². The molecule has 2 aromatic rings. The van der Waals surface area contributed by atoms with Crippen LogP contribution in [0.25, 0.3) is 0 Å². The first kappa shape index (κ1) is 19.6. The maximum Gasteiger partial charge on any atom is 0.254 e. The number of sulfonamides is 1. The quantitative estimate of drug-likeness (QED) is 0.737. The fourth-order valence-electron chi connectivity index (χ4n) is 2.37. The van der Waals surface area contributed by atoms with Crippen LogP contribution in [0, 0.1) is 0 Å². The summed E-state index contributed by atoms with van der Waals surface area (Å²) in [5.74, 6) is -0.237. The predicted molar refractivity (Wildman–Crippen MR) is 102 cm³/mol. The molecule has 0 heterocycles. The van der Waals surface area contributed by atoms with Crippen molar-refractivity contribution in [3.8, 4) is 0 Å². The Labute approximate surface area is 157 Å². The minimum absolute atomic E-state index is 0.0733. The summed E-state index contributed by atoms with van der Waals surface area (Å²) in [6.45, 7) is 1.93. The van der Waals surface area contributed by atoms with Gasteiger partial charge in [-0.1, -0.05) is 30.3 Å². The van der Waals surface area contributed by atoms with Crippen molar-refractivity contribution in [3.05, 3.63) is 64.1 Å². The van der Waals surface area contributed by atoms with Gasteiger partial charge in [-0.05, 0) is 46.6 Å². The Morgan fingerprint density at radius 1 is 1.04 bits per heavy atom. The molecule has 0 fully saturated rings. The Hall–Kier alpha value is -1.70. The number of halogens is 1. The Morgan fingerprint density at radius 3 is 2.20 bits per heavy atom. The molecule has 0 aliphatic carbocycles. The van der Waals surface area contributed by atoms with Gasteiger partial charge in [0.05, 0.1) is 10.9 Å². The molecule has 1 amide bonds. The lowest BCUT2D eigenvalue weighted by molar-refractivity contribution is 0.0742. The van der Waals surface area contributed by atoms with Crippen LogP contribution in [0.4, 0.5) is 0 Å². The summed E-state index contributed by atoms with van der Waals surface area (Å²) in [7, 11) is 0.981. The Morgan fingerprint density at radius 2 is 1.64 bits per heavy atom. The molecule has 0 aromatic heterocycles. The summed E-state index contributed by atoms with van der Waals surface area (Å²) < 4.78 is 26.4. The summed E-state index contributed by atoms with van der Waals surface area (Å²) in [6, 6.07) is 14.2. The summed E-state index contributed by atoms with van der Waals surface area (Å²) in [6.07, 6.45) is 0. The number of carbonyl (C=O) groups excluding carboxylic acids is 1. The minimum Gasteiger partial charge on any atom is -0.335 e. The van der Waals surface area contributed by atoms with Crippen molar-refractivity contribution >= 4 is 31.9 Å². The van der Waals surface area contributed by atoms with Gasteiger partial charge in [0.1, 0.15) is 0 Å². The minimum atomic E-state index is -3.65. The van der Waals surface area contributed by atoms with Crippen LogP contribution in [-0.4, -0.2) is 44.7 Å². The molecule has 1 atom stereocenters. The monoisotopic (exact) mass is 424 g/mol. The summed E-state index contributed by atoms with van der Waals surface area (Å²) in [5, 5.41) is 0. The van der Waals surface area contributed by atoms with E-state index in [4.69, 9.17) is 0 Å². The highest BCUT2D eigenvalue weighted by Gasteiger charge is 2.24. The Bertz CT molecular complexity index is 867. The first-order valence-corrected chi connectivity index (χ1v) is 9.93. The largest absolute Gasteiger partial charge is 0.335 e. The fourth-order valence-corrected chi connectivity index (χ4v) is 4.21. The second kappa shape index (κ2) is 7.68. The van der Waals surface area contributed by atoms with Crippen LogP contribution >= 0.6 is 15.9 Å². The molecule has 0 unspecified atom stereocenters. The highest BCUT2D eigenvalue weighted by atomic mass is 79.9. The normalized spacial score (nSPS) is 12.9. The molecule has 7 heteroatoms. The topological polar surface area (TPSA) is 57.7 Å². The van der Waals surface area contributed by atoms with E-state index in [-0.39, 0.29) is 16.8 Å². The van der Waals surface area contributed by atoms with Crippen molar-refractivity contribution < 1.29 is 13.2 Å². The van der Waals surface area contributed by atoms with Crippen LogP contribution in [0.15, 0.2) is 57.9 Å². The number of rotatable bonds is 5. The SMILES string of the molecule is C[C@H](c1ccccc1)N(C)C(=O)c1ccc(Br)c(S(=O)(=O)N(C)C)c1. The van der Waals surface area contributed by atoms with Crippen molar-refractivity contribution in [1.29, 1.82) is 0 Å². The van der Waals surface area contributed by atoms with Gasteiger partial charge in [0, 0.05) is 31.2 Å². The second-order valence-electron chi connectivity index (χ2n) is 5.94.